The summed E-state index contributed by atoms with van der Waals surface area (Å²) >= 11 is 0. The molecule has 1 aromatic carbocycles. The molecule has 226 valence electrons. The molecule has 9 nitrogen and oxygen atoms in total. The van der Waals surface area contributed by atoms with Gasteiger partial charge in [-0.2, -0.15) is 0 Å². The number of likely N-dealkylation sites (N-methyl/N-ethyl adjacent to an activating group) is 2. The van der Waals surface area contributed by atoms with Gasteiger partial charge in [0.05, 0.1) is 17.7 Å². The zero-order valence-corrected chi connectivity index (χ0v) is 26.9. The van der Waals surface area contributed by atoms with Crippen LogP contribution in [0.4, 0.5) is 0 Å². The Bertz CT molecular complexity index is 1150. The smallest absolute Gasteiger partial charge is 0.249 e. The van der Waals surface area contributed by atoms with Gasteiger partial charge < -0.3 is 15.5 Å². The topological polar surface area (TPSA) is 125 Å². The lowest BCUT2D eigenvalue weighted by Crippen LogP contribution is -2.60. The summed E-state index contributed by atoms with van der Waals surface area (Å²) in [5.41, 5.74) is 0.342. The van der Waals surface area contributed by atoms with Crippen molar-refractivity contribution in [3.8, 4) is 0 Å². The zero-order valence-electron chi connectivity index (χ0n) is 26.1. The summed E-state index contributed by atoms with van der Waals surface area (Å²) in [5.74, 6) is -2.40. The first kappa shape index (κ1) is 35.3. The average Bonchev–Trinajstić information content (AvgIpc) is 2.84. The molecule has 0 saturated heterocycles. The summed E-state index contributed by atoms with van der Waals surface area (Å²) in [5, 5.41) is 6.13. The fourth-order valence-electron chi connectivity index (χ4n) is 4.64. The number of nitrogens with zero attached hydrogens (tertiary/aromatic N) is 1. The normalized spacial score (nSPS) is 15.2. The van der Waals surface area contributed by atoms with E-state index in [0.717, 1.165) is 5.56 Å². The molecular weight excluding hydrogens is 528 g/mol. The Morgan fingerprint density at radius 1 is 0.950 bits per heavy atom. The lowest BCUT2D eigenvalue weighted by molar-refractivity contribution is -0.138. The molecule has 10 heteroatoms. The Kier molecular flexibility index (Phi) is 12.6. The van der Waals surface area contributed by atoms with Crippen molar-refractivity contribution < 1.29 is 22.8 Å². The van der Waals surface area contributed by atoms with Crippen LogP contribution in [0.1, 0.15) is 74.3 Å². The first-order valence-electron chi connectivity index (χ1n) is 13.9. The Labute approximate surface area is 241 Å². The van der Waals surface area contributed by atoms with Crippen LogP contribution in [-0.2, 0) is 29.8 Å². The highest BCUT2D eigenvalue weighted by Gasteiger charge is 2.41. The summed E-state index contributed by atoms with van der Waals surface area (Å²) < 4.78 is 26.3. The third-order valence-corrected chi connectivity index (χ3v) is 8.52. The lowest BCUT2D eigenvalue weighted by atomic mass is 9.76. The van der Waals surface area contributed by atoms with Gasteiger partial charge in [0.15, 0.2) is 0 Å². The van der Waals surface area contributed by atoms with Crippen LogP contribution in [0.5, 0.6) is 0 Å². The summed E-state index contributed by atoms with van der Waals surface area (Å²) in [7, 11) is -0.385. The molecule has 40 heavy (non-hydrogen) atoms. The summed E-state index contributed by atoms with van der Waals surface area (Å²) in [6.07, 6.45) is 1.99. The van der Waals surface area contributed by atoms with E-state index in [-0.39, 0.29) is 23.5 Å². The minimum Gasteiger partial charge on any atom is -0.342 e. The van der Waals surface area contributed by atoms with Crippen molar-refractivity contribution in [2.24, 2.45) is 17.3 Å². The van der Waals surface area contributed by atoms with E-state index in [1.807, 2.05) is 78.8 Å². The minimum atomic E-state index is -3.72. The number of sulfonamides is 1. The Hall–Kier alpha value is -2.72. The largest absolute Gasteiger partial charge is 0.342 e. The molecule has 3 amide bonds. The molecule has 3 N–H and O–H groups in total. The molecule has 1 rings (SSSR count). The number of benzene rings is 1. The van der Waals surface area contributed by atoms with Gasteiger partial charge in [0.1, 0.15) is 6.04 Å². The predicted molar refractivity (Wildman–Crippen MR) is 161 cm³/mol. The zero-order chi connectivity index (χ0) is 31.1. The summed E-state index contributed by atoms with van der Waals surface area (Å²) in [6, 6.07) is 8.24. The predicted octanol–water partition coefficient (Wildman–Crippen LogP) is 3.57. The Morgan fingerprint density at radius 3 is 1.95 bits per heavy atom. The number of nitrogens with one attached hydrogen (secondary N) is 3. The standard InChI is InChI=1S/C30H50N4O5S/c1-12-18-40(38,39)33-26(35)21(4)19-23(20(2)3)34(11)28(37)25(29(5,6)7)32-27(36)24(31-10)30(8,9)22-16-14-13-15-17-22/h13-17,19-21,24-25,31H,12,18H2,1-11H3,(H,32,36)(H,33,35)/b23-19+. The van der Waals surface area contributed by atoms with Crippen molar-refractivity contribution in [3.63, 3.8) is 0 Å². The molecule has 0 aliphatic heterocycles. The quantitative estimate of drug-likeness (QED) is 0.329. The van der Waals surface area contributed by atoms with Crippen LogP contribution in [0.3, 0.4) is 0 Å². The van der Waals surface area contributed by atoms with Gasteiger partial charge in [0, 0.05) is 18.2 Å². The molecule has 1 aromatic rings. The SMILES string of the molecule is CCCS(=O)(=O)NC(=O)C(C)/C=C(\C(C)C)N(C)C(=O)C(NC(=O)C(NC)C(C)(C)c1ccccc1)C(C)(C)C. The first-order chi connectivity index (χ1) is 18.3. The molecule has 3 atom stereocenters. The number of carbonyl (C=O) groups excluding carboxylic acids is 3. The van der Waals surface area contributed by atoms with E-state index in [4.69, 9.17) is 0 Å². The second-order valence-corrected chi connectivity index (χ2v) is 14.2. The van der Waals surface area contributed by atoms with E-state index in [0.29, 0.717) is 12.1 Å². The van der Waals surface area contributed by atoms with E-state index < -0.39 is 44.8 Å². The van der Waals surface area contributed by atoms with Crippen molar-refractivity contribution in [3.05, 3.63) is 47.7 Å². The van der Waals surface area contributed by atoms with Gasteiger partial charge in [0.25, 0.3) is 0 Å². The van der Waals surface area contributed by atoms with Gasteiger partial charge in [-0.15, -0.1) is 0 Å². The number of amides is 3. The van der Waals surface area contributed by atoms with Crippen LogP contribution in [0.25, 0.3) is 0 Å². The molecule has 0 aromatic heterocycles. The van der Waals surface area contributed by atoms with Crippen molar-refractivity contribution in [1.29, 1.82) is 0 Å². The van der Waals surface area contributed by atoms with Crippen LogP contribution < -0.4 is 15.4 Å². The lowest BCUT2D eigenvalue weighted by Gasteiger charge is -2.39. The van der Waals surface area contributed by atoms with Gasteiger partial charge in [-0.25, -0.2) is 8.42 Å². The van der Waals surface area contributed by atoms with Crippen LogP contribution in [0.15, 0.2) is 42.1 Å². The van der Waals surface area contributed by atoms with Gasteiger partial charge in [-0.1, -0.05) is 91.8 Å². The fraction of sp³-hybridized carbons (Fsp3) is 0.633. The molecule has 0 bridgehead atoms. The third-order valence-electron chi connectivity index (χ3n) is 7.06. The highest BCUT2D eigenvalue weighted by atomic mass is 32.2. The van der Waals surface area contributed by atoms with Gasteiger partial charge in [0.2, 0.25) is 27.7 Å². The second-order valence-electron chi connectivity index (χ2n) is 12.3. The van der Waals surface area contributed by atoms with E-state index in [1.54, 1.807) is 34.0 Å². The molecule has 0 heterocycles. The minimum absolute atomic E-state index is 0.147. The molecule has 0 radical (unpaired) electrons. The number of allylic oxidation sites excluding steroid dienone is 1. The number of hydrogen-bond acceptors (Lipinski definition) is 6. The van der Waals surface area contributed by atoms with E-state index in [9.17, 15) is 22.8 Å². The van der Waals surface area contributed by atoms with Crippen LogP contribution >= 0.6 is 0 Å². The third kappa shape index (κ3) is 9.44. The highest BCUT2D eigenvalue weighted by molar-refractivity contribution is 7.90. The average molecular weight is 579 g/mol. The van der Waals surface area contributed by atoms with E-state index >= 15 is 0 Å². The number of carbonyl (C=O) groups is 3. The number of rotatable bonds is 13. The van der Waals surface area contributed by atoms with Crippen LogP contribution in [-0.4, -0.2) is 63.0 Å². The summed E-state index contributed by atoms with van der Waals surface area (Å²) in [4.78, 5) is 41.7. The van der Waals surface area contributed by atoms with Crippen LogP contribution in [0, 0.1) is 17.3 Å². The first-order valence-corrected chi connectivity index (χ1v) is 15.5. The number of hydrogen-bond donors (Lipinski definition) is 3. The van der Waals surface area contributed by atoms with E-state index in [2.05, 4.69) is 15.4 Å². The van der Waals surface area contributed by atoms with Crippen molar-refractivity contribution >= 4 is 27.7 Å². The summed E-state index contributed by atoms with van der Waals surface area (Å²) in [6.45, 7) is 16.7. The monoisotopic (exact) mass is 578 g/mol. The van der Waals surface area contributed by atoms with Crippen molar-refractivity contribution in [2.75, 3.05) is 19.8 Å². The highest BCUT2D eigenvalue weighted by Crippen LogP contribution is 2.29. The van der Waals surface area contributed by atoms with E-state index in [1.165, 1.54) is 4.90 Å². The Morgan fingerprint density at radius 2 is 1.50 bits per heavy atom. The van der Waals surface area contributed by atoms with Gasteiger partial charge in [-0.3, -0.25) is 19.1 Å². The molecule has 0 aliphatic carbocycles. The molecule has 0 fully saturated rings. The van der Waals surface area contributed by atoms with Crippen LogP contribution in [0.2, 0.25) is 0 Å². The maximum absolute atomic E-state index is 13.9. The maximum Gasteiger partial charge on any atom is 0.249 e. The van der Waals surface area contributed by atoms with Crippen molar-refractivity contribution in [1.82, 2.24) is 20.3 Å². The van der Waals surface area contributed by atoms with Crippen molar-refractivity contribution in [2.45, 2.75) is 86.2 Å². The Balaban J connectivity index is 3.31. The van der Waals surface area contributed by atoms with Gasteiger partial charge >= 0.3 is 0 Å². The second kappa shape index (κ2) is 14.3. The molecule has 0 saturated carbocycles. The molecule has 0 aliphatic rings. The molecule has 3 unspecified atom stereocenters. The maximum atomic E-state index is 13.9. The van der Waals surface area contributed by atoms with Gasteiger partial charge in [-0.05, 0) is 37.3 Å². The molecule has 0 spiro atoms. The fourth-order valence-corrected chi connectivity index (χ4v) is 5.77. The molecular formula is C30H50N4O5S.